The summed E-state index contributed by atoms with van der Waals surface area (Å²) in [5.74, 6) is -0.582. The molecule has 15 heteroatoms. The molecule has 0 bridgehead atoms. The highest BCUT2D eigenvalue weighted by atomic mass is 19.4. The van der Waals surface area contributed by atoms with E-state index in [1.165, 1.54) is 27.3 Å². The van der Waals surface area contributed by atoms with Crippen molar-refractivity contribution in [2.75, 3.05) is 0 Å². The van der Waals surface area contributed by atoms with E-state index in [0.29, 0.717) is 89.2 Å². The Morgan fingerprint density at radius 3 is 0.912 bits per heavy atom. The number of nitrogens with zero attached hydrogens (tertiary/aromatic N) is 10. The van der Waals surface area contributed by atoms with E-state index in [-0.39, 0.29) is 5.56 Å². The molecule has 0 aliphatic carbocycles. The highest BCUT2D eigenvalue weighted by Gasteiger charge is 2.40. The van der Waals surface area contributed by atoms with Gasteiger partial charge in [-0.1, -0.05) is 54.6 Å². The van der Waals surface area contributed by atoms with Crippen LogP contribution in [0.1, 0.15) is 5.56 Å². The third-order valence-electron chi connectivity index (χ3n) is 11.9. The highest BCUT2D eigenvalue weighted by Crippen LogP contribution is 2.48. The van der Waals surface area contributed by atoms with Crippen molar-refractivity contribution in [3.8, 4) is 68.1 Å². The predicted octanol–water partition coefficient (Wildman–Crippen LogP) is 12.7. The summed E-state index contributed by atoms with van der Waals surface area (Å²) >= 11 is 0. The molecule has 10 nitrogen and oxygen atoms in total. The minimum Gasteiger partial charge on any atom is -0.308 e. The van der Waals surface area contributed by atoms with Crippen LogP contribution in [0.4, 0.5) is 22.0 Å². The maximum absolute atomic E-state index is 16.9. The number of alkyl halides is 3. The maximum atomic E-state index is 16.9. The number of aromatic nitrogens is 10. The van der Waals surface area contributed by atoms with Crippen LogP contribution in [-0.2, 0) is 6.18 Å². The van der Waals surface area contributed by atoms with Crippen LogP contribution in [0.3, 0.4) is 0 Å². The van der Waals surface area contributed by atoms with E-state index in [1.54, 1.807) is 147 Å². The number of fused-ring (bicyclic) bond motifs is 6. The topological polar surface area (TPSA) is 113 Å². The van der Waals surface area contributed by atoms with Gasteiger partial charge in [-0.25, -0.2) is 48.7 Å². The molecule has 0 amide bonds. The molecule has 12 aromatic rings. The molecule has 0 fully saturated rings. The van der Waals surface area contributed by atoms with Crippen molar-refractivity contribution in [2.24, 2.45) is 0 Å². The van der Waals surface area contributed by atoms with Crippen molar-refractivity contribution in [3.63, 3.8) is 0 Å². The summed E-state index contributed by atoms with van der Waals surface area (Å²) in [4.78, 5) is 35.5. The number of hydrogen-bond acceptors (Lipinski definition) is 8. The molecule has 6 aromatic carbocycles. The minimum absolute atomic E-state index is 0.154. The summed E-state index contributed by atoms with van der Waals surface area (Å²) in [6.07, 6.45) is 7.49. The SMILES string of the molecule is Fc1cccc(F)c1-c1cc(-n2c3cc(-c4ncccn4)ccc3c3ccc(-c4ncccn4)cc32)c(C(F)(F)F)c(-n2c3cc(-c4ncccn4)ccc3c3ccc(-c4ncccn4)cc32)c1. The van der Waals surface area contributed by atoms with Crippen LogP contribution in [0.15, 0.2) is 177 Å². The summed E-state index contributed by atoms with van der Waals surface area (Å²) in [5.41, 5.74) is 0.857. The molecule has 0 unspecified atom stereocenters. The van der Waals surface area contributed by atoms with Crippen molar-refractivity contribution in [2.45, 2.75) is 6.18 Å². The third-order valence-corrected chi connectivity index (χ3v) is 11.9. The van der Waals surface area contributed by atoms with Gasteiger partial charge in [0.15, 0.2) is 23.3 Å². The summed E-state index contributed by atoms with van der Waals surface area (Å²) < 4.78 is 86.2. The lowest BCUT2D eigenvalue weighted by Crippen LogP contribution is -2.16. The van der Waals surface area contributed by atoms with Gasteiger partial charge in [-0.05, 0) is 78.4 Å². The zero-order chi connectivity index (χ0) is 46.1. The van der Waals surface area contributed by atoms with Crippen LogP contribution in [0.25, 0.3) is 112 Å². The van der Waals surface area contributed by atoms with E-state index in [4.69, 9.17) is 0 Å². The van der Waals surface area contributed by atoms with Gasteiger partial charge in [-0.3, -0.25) is 0 Å². The standard InChI is InChI=1S/C53H29F5N10/c54-39-6-1-7-40(55)47(39)34-28-45(67-41-24-30(49-59-16-2-17-60-49)8-12-35(41)36-13-9-31(25-42(36)67)50-61-18-3-19-62-50)48(53(56,57)58)46(29-34)68-43-26-32(51-63-20-4-21-64-51)10-14-37(43)38-15-11-33(27-44(38)68)52-65-22-5-23-66-52/h1-29H. The summed E-state index contributed by atoms with van der Waals surface area (Å²) in [6, 6.07) is 33.7. The Kier molecular flexibility index (Phi) is 9.39. The first-order chi connectivity index (χ1) is 33.2. The van der Waals surface area contributed by atoms with Gasteiger partial charge in [0.05, 0.1) is 39.0 Å². The van der Waals surface area contributed by atoms with Gasteiger partial charge >= 0.3 is 6.18 Å². The Bertz CT molecular complexity index is 3480. The molecule has 326 valence electrons. The Morgan fingerprint density at radius 2 is 0.632 bits per heavy atom. The average molecular weight is 901 g/mol. The molecule has 6 aromatic heterocycles. The molecule has 68 heavy (non-hydrogen) atoms. The van der Waals surface area contributed by atoms with Gasteiger partial charge in [0.25, 0.3) is 0 Å². The molecule has 0 radical (unpaired) electrons. The summed E-state index contributed by atoms with van der Waals surface area (Å²) in [7, 11) is 0. The molecule has 0 N–H and O–H groups in total. The number of benzene rings is 6. The lowest BCUT2D eigenvalue weighted by atomic mass is 9.98. The van der Waals surface area contributed by atoms with Crippen molar-refractivity contribution in [3.05, 3.63) is 194 Å². The van der Waals surface area contributed by atoms with Crippen LogP contribution in [0, 0.1) is 11.6 Å². The first-order valence-electron chi connectivity index (χ1n) is 21.2. The molecule has 0 saturated carbocycles. The molecule has 12 rings (SSSR count). The van der Waals surface area contributed by atoms with Gasteiger partial charge in [0.1, 0.15) is 17.2 Å². The largest absolute Gasteiger partial charge is 0.420 e. The molecule has 0 atom stereocenters. The molecular weight excluding hydrogens is 872 g/mol. The fourth-order valence-electron chi connectivity index (χ4n) is 9.08. The van der Waals surface area contributed by atoms with Crippen LogP contribution in [-0.4, -0.2) is 49.0 Å². The van der Waals surface area contributed by atoms with E-state index in [0.717, 1.165) is 12.1 Å². The third kappa shape index (κ3) is 6.70. The normalized spacial score (nSPS) is 11.9. The van der Waals surface area contributed by atoms with E-state index >= 15 is 22.0 Å². The van der Waals surface area contributed by atoms with Crippen molar-refractivity contribution in [1.82, 2.24) is 49.0 Å². The highest BCUT2D eigenvalue weighted by molar-refractivity contribution is 6.13. The van der Waals surface area contributed by atoms with E-state index in [2.05, 4.69) is 39.9 Å². The first-order valence-corrected chi connectivity index (χ1v) is 21.2. The van der Waals surface area contributed by atoms with Gasteiger partial charge in [0, 0.05) is 93.4 Å². The Balaban J connectivity index is 1.27. The second-order valence-electron chi connectivity index (χ2n) is 15.9. The minimum atomic E-state index is -5.11. The monoisotopic (exact) mass is 900 g/mol. The van der Waals surface area contributed by atoms with Gasteiger partial charge in [-0.2, -0.15) is 13.2 Å². The Hall–Kier alpha value is -9.11. The lowest BCUT2D eigenvalue weighted by Gasteiger charge is -2.23. The Morgan fingerprint density at radius 1 is 0.338 bits per heavy atom. The molecule has 0 saturated heterocycles. The molecule has 6 heterocycles. The van der Waals surface area contributed by atoms with Crippen LogP contribution >= 0.6 is 0 Å². The fraction of sp³-hybridized carbons (Fsp3) is 0.0189. The number of rotatable bonds is 7. The number of halogens is 5. The predicted molar refractivity (Wildman–Crippen MR) is 250 cm³/mol. The lowest BCUT2D eigenvalue weighted by molar-refractivity contribution is -0.137. The molecule has 0 spiro atoms. The van der Waals surface area contributed by atoms with Gasteiger partial charge < -0.3 is 9.13 Å². The molecule has 0 aliphatic rings. The molecular formula is C53H29F5N10. The number of hydrogen-bond donors (Lipinski definition) is 0. The van der Waals surface area contributed by atoms with Crippen molar-refractivity contribution < 1.29 is 22.0 Å². The summed E-state index contributed by atoms with van der Waals surface area (Å²) in [5, 5.41) is 2.37. The average Bonchev–Trinajstić information content (AvgIpc) is 3.88. The van der Waals surface area contributed by atoms with Crippen molar-refractivity contribution >= 4 is 43.6 Å². The maximum Gasteiger partial charge on any atom is 0.420 e. The zero-order valence-electron chi connectivity index (χ0n) is 35.1. The van der Waals surface area contributed by atoms with Crippen molar-refractivity contribution in [1.29, 1.82) is 0 Å². The van der Waals surface area contributed by atoms with Crippen LogP contribution in [0.2, 0.25) is 0 Å². The van der Waals surface area contributed by atoms with E-state index in [9.17, 15) is 0 Å². The van der Waals surface area contributed by atoms with Gasteiger partial charge in [-0.15, -0.1) is 0 Å². The quantitative estimate of drug-likeness (QED) is 0.145. The summed E-state index contributed by atoms with van der Waals surface area (Å²) in [6.45, 7) is 0. The first kappa shape index (κ1) is 40.4. The van der Waals surface area contributed by atoms with Crippen LogP contribution in [0.5, 0.6) is 0 Å². The molecule has 0 aliphatic heterocycles. The van der Waals surface area contributed by atoms with Gasteiger partial charge in [0.2, 0.25) is 0 Å². The van der Waals surface area contributed by atoms with E-state index < -0.39 is 40.3 Å². The second-order valence-corrected chi connectivity index (χ2v) is 15.9. The fourth-order valence-corrected chi connectivity index (χ4v) is 9.08. The van der Waals surface area contributed by atoms with Crippen LogP contribution < -0.4 is 0 Å². The second kappa shape index (κ2) is 15.8. The van der Waals surface area contributed by atoms with E-state index in [1.807, 2.05) is 0 Å². The zero-order valence-corrected chi connectivity index (χ0v) is 35.1. The Labute approximate surface area is 381 Å². The smallest absolute Gasteiger partial charge is 0.308 e.